The van der Waals surface area contributed by atoms with Crippen LogP contribution in [0.5, 0.6) is 0 Å². The molecule has 20 heavy (non-hydrogen) atoms. The van der Waals surface area contributed by atoms with Gasteiger partial charge in [-0.1, -0.05) is 24.3 Å². The highest BCUT2D eigenvalue weighted by molar-refractivity contribution is 5.75. The number of para-hydroxylation sites is 2. The van der Waals surface area contributed by atoms with Gasteiger partial charge >= 0.3 is 0 Å². The first-order valence-corrected chi connectivity index (χ1v) is 6.51. The zero-order valence-electron chi connectivity index (χ0n) is 10.9. The summed E-state index contributed by atoms with van der Waals surface area (Å²) in [6.07, 6.45) is 2.46. The molecule has 4 heteroatoms. The van der Waals surface area contributed by atoms with Gasteiger partial charge in [0.15, 0.2) is 0 Å². The summed E-state index contributed by atoms with van der Waals surface area (Å²) < 4.78 is 13.0. The van der Waals surface area contributed by atoms with Crippen molar-refractivity contribution in [2.45, 2.75) is 6.42 Å². The fraction of sp³-hybridized carbons (Fsp3) is 0.125. The van der Waals surface area contributed by atoms with Crippen LogP contribution in [0.15, 0.2) is 54.7 Å². The van der Waals surface area contributed by atoms with Crippen molar-refractivity contribution in [1.29, 1.82) is 0 Å². The molecular formula is C16H14FN3. The molecular weight excluding hydrogens is 253 g/mol. The minimum absolute atomic E-state index is 0.201. The van der Waals surface area contributed by atoms with E-state index in [-0.39, 0.29) is 5.82 Å². The minimum Gasteiger partial charge on any atom is -0.368 e. The molecule has 100 valence electrons. The lowest BCUT2D eigenvalue weighted by atomic mass is 10.1. The highest BCUT2D eigenvalue weighted by atomic mass is 19.1. The molecule has 0 unspecified atom stereocenters. The van der Waals surface area contributed by atoms with Gasteiger partial charge in [-0.05, 0) is 36.2 Å². The van der Waals surface area contributed by atoms with Gasteiger partial charge in [-0.2, -0.15) is 0 Å². The molecule has 0 aliphatic heterocycles. The number of fused-ring (bicyclic) bond motifs is 1. The Hall–Kier alpha value is -2.49. The molecule has 0 aliphatic rings. The SMILES string of the molecule is Fc1cccc(CCNc2cnc3ccccc3n2)c1. The van der Waals surface area contributed by atoms with Gasteiger partial charge in [0.05, 0.1) is 17.2 Å². The number of hydrogen-bond donors (Lipinski definition) is 1. The molecule has 1 aromatic heterocycles. The third-order valence-corrected chi connectivity index (χ3v) is 3.06. The number of aromatic nitrogens is 2. The smallest absolute Gasteiger partial charge is 0.145 e. The lowest BCUT2D eigenvalue weighted by Gasteiger charge is -2.06. The minimum atomic E-state index is -0.201. The second kappa shape index (κ2) is 5.65. The van der Waals surface area contributed by atoms with Crippen LogP contribution in [-0.4, -0.2) is 16.5 Å². The molecule has 0 saturated heterocycles. The van der Waals surface area contributed by atoms with Gasteiger partial charge in [0.2, 0.25) is 0 Å². The number of benzene rings is 2. The molecule has 0 atom stereocenters. The molecule has 3 aromatic rings. The standard InChI is InChI=1S/C16H14FN3/c17-13-5-3-4-12(10-13)8-9-18-16-11-19-14-6-1-2-7-15(14)20-16/h1-7,10-11H,8-9H2,(H,18,20). The number of nitrogens with zero attached hydrogens (tertiary/aromatic N) is 2. The lowest BCUT2D eigenvalue weighted by Crippen LogP contribution is -2.06. The number of nitrogens with one attached hydrogen (secondary N) is 1. The average molecular weight is 267 g/mol. The molecule has 1 N–H and O–H groups in total. The number of rotatable bonds is 4. The fourth-order valence-electron chi connectivity index (χ4n) is 2.07. The van der Waals surface area contributed by atoms with E-state index in [1.54, 1.807) is 18.3 Å². The summed E-state index contributed by atoms with van der Waals surface area (Å²) in [5.74, 6) is 0.535. The molecule has 0 saturated carbocycles. The topological polar surface area (TPSA) is 37.8 Å². The molecule has 1 heterocycles. The van der Waals surface area contributed by atoms with Crippen molar-refractivity contribution in [3.63, 3.8) is 0 Å². The van der Waals surface area contributed by atoms with E-state index in [0.29, 0.717) is 6.54 Å². The van der Waals surface area contributed by atoms with Gasteiger partial charge in [0, 0.05) is 6.54 Å². The summed E-state index contributed by atoms with van der Waals surface area (Å²) in [5.41, 5.74) is 2.71. The largest absolute Gasteiger partial charge is 0.368 e. The van der Waals surface area contributed by atoms with E-state index in [1.807, 2.05) is 30.3 Å². The maximum atomic E-state index is 13.0. The van der Waals surface area contributed by atoms with Gasteiger partial charge in [0.1, 0.15) is 11.6 Å². The van der Waals surface area contributed by atoms with Crippen molar-refractivity contribution in [1.82, 2.24) is 9.97 Å². The Balaban J connectivity index is 1.65. The summed E-state index contributed by atoms with van der Waals surface area (Å²) in [4.78, 5) is 8.81. The van der Waals surface area contributed by atoms with Gasteiger partial charge in [0.25, 0.3) is 0 Å². The van der Waals surface area contributed by atoms with Gasteiger partial charge in [-0.15, -0.1) is 0 Å². The van der Waals surface area contributed by atoms with Crippen LogP contribution in [0, 0.1) is 5.82 Å². The van der Waals surface area contributed by atoms with Crippen LogP contribution in [0.4, 0.5) is 10.2 Å². The molecule has 0 amide bonds. The Kier molecular flexibility index (Phi) is 3.54. The first kappa shape index (κ1) is 12.5. The Morgan fingerprint density at radius 2 is 1.85 bits per heavy atom. The van der Waals surface area contributed by atoms with Crippen LogP contribution >= 0.6 is 0 Å². The summed E-state index contributed by atoms with van der Waals surface area (Å²) in [6, 6.07) is 14.4. The van der Waals surface area contributed by atoms with E-state index in [4.69, 9.17) is 0 Å². The summed E-state index contributed by atoms with van der Waals surface area (Å²) in [7, 11) is 0. The summed E-state index contributed by atoms with van der Waals surface area (Å²) >= 11 is 0. The van der Waals surface area contributed by atoms with Gasteiger partial charge < -0.3 is 5.32 Å². The second-order valence-electron chi connectivity index (χ2n) is 4.55. The number of halogens is 1. The van der Waals surface area contributed by atoms with Crippen LogP contribution in [-0.2, 0) is 6.42 Å². The molecule has 0 bridgehead atoms. The van der Waals surface area contributed by atoms with Crippen molar-refractivity contribution in [2.75, 3.05) is 11.9 Å². The Labute approximate surface area is 116 Å². The van der Waals surface area contributed by atoms with Crippen molar-refractivity contribution < 1.29 is 4.39 Å². The first-order chi connectivity index (χ1) is 9.81. The first-order valence-electron chi connectivity index (χ1n) is 6.51. The van der Waals surface area contributed by atoms with Crippen LogP contribution < -0.4 is 5.32 Å². The third-order valence-electron chi connectivity index (χ3n) is 3.06. The summed E-state index contributed by atoms with van der Waals surface area (Å²) in [5, 5.41) is 3.21. The number of anilines is 1. The highest BCUT2D eigenvalue weighted by Crippen LogP contribution is 2.11. The molecule has 0 fully saturated rings. The van der Waals surface area contributed by atoms with E-state index in [2.05, 4.69) is 15.3 Å². The maximum Gasteiger partial charge on any atom is 0.145 e. The van der Waals surface area contributed by atoms with Crippen LogP contribution in [0.25, 0.3) is 11.0 Å². The van der Waals surface area contributed by atoms with Crippen LogP contribution in [0.1, 0.15) is 5.56 Å². The normalized spacial score (nSPS) is 10.7. The zero-order valence-corrected chi connectivity index (χ0v) is 10.9. The van der Waals surface area contributed by atoms with Crippen LogP contribution in [0.2, 0.25) is 0 Å². The highest BCUT2D eigenvalue weighted by Gasteiger charge is 1.99. The Bertz CT molecular complexity index is 727. The molecule has 2 aromatic carbocycles. The quantitative estimate of drug-likeness (QED) is 0.787. The fourth-order valence-corrected chi connectivity index (χ4v) is 2.07. The molecule has 0 spiro atoms. The van der Waals surface area contributed by atoms with Crippen molar-refractivity contribution in [3.8, 4) is 0 Å². The third kappa shape index (κ3) is 2.91. The van der Waals surface area contributed by atoms with Gasteiger partial charge in [-0.3, -0.25) is 4.98 Å². The molecule has 3 rings (SSSR count). The van der Waals surface area contributed by atoms with Gasteiger partial charge in [-0.25, -0.2) is 9.37 Å². The van der Waals surface area contributed by atoms with E-state index < -0.39 is 0 Å². The van der Waals surface area contributed by atoms with E-state index in [9.17, 15) is 4.39 Å². The Morgan fingerprint density at radius 3 is 2.70 bits per heavy atom. The lowest BCUT2D eigenvalue weighted by molar-refractivity contribution is 0.625. The van der Waals surface area contributed by atoms with E-state index in [0.717, 1.165) is 28.8 Å². The van der Waals surface area contributed by atoms with Crippen molar-refractivity contribution in [3.05, 3.63) is 66.1 Å². The molecule has 0 radical (unpaired) electrons. The van der Waals surface area contributed by atoms with Crippen molar-refractivity contribution >= 4 is 16.9 Å². The predicted octanol–water partition coefficient (Wildman–Crippen LogP) is 3.42. The second-order valence-corrected chi connectivity index (χ2v) is 4.55. The maximum absolute atomic E-state index is 13.0. The predicted molar refractivity (Wildman–Crippen MR) is 78.1 cm³/mol. The Morgan fingerprint density at radius 1 is 1.00 bits per heavy atom. The average Bonchev–Trinajstić information content (AvgIpc) is 2.47. The monoisotopic (exact) mass is 267 g/mol. The van der Waals surface area contributed by atoms with Crippen molar-refractivity contribution in [2.24, 2.45) is 0 Å². The van der Waals surface area contributed by atoms with Crippen LogP contribution in [0.3, 0.4) is 0 Å². The molecule has 3 nitrogen and oxygen atoms in total. The van der Waals surface area contributed by atoms with E-state index >= 15 is 0 Å². The zero-order chi connectivity index (χ0) is 13.8. The molecule has 0 aliphatic carbocycles. The van der Waals surface area contributed by atoms with E-state index in [1.165, 1.54) is 6.07 Å². The summed E-state index contributed by atoms with van der Waals surface area (Å²) in [6.45, 7) is 0.691. The number of hydrogen-bond acceptors (Lipinski definition) is 3.